The highest BCUT2D eigenvalue weighted by Crippen LogP contribution is 2.72. The fourth-order valence-electron chi connectivity index (χ4n) is 31.0. The summed E-state index contributed by atoms with van der Waals surface area (Å²) in [6.07, 6.45) is 54.2. The van der Waals surface area contributed by atoms with E-state index in [1.807, 2.05) is 33.8 Å². The Balaban J connectivity index is 0.000000166. The van der Waals surface area contributed by atoms with Gasteiger partial charge in [0.05, 0.1) is 76.1 Å². The van der Waals surface area contributed by atoms with Crippen molar-refractivity contribution in [1.82, 2.24) is 29.8 Å². The van der Waals surface area contributed by atoms with Crippen molar-refractivity contribution in [1.29, 1.82) is 15.8 Å². The number of nitriles is 3. The summed E-state index contributed by atoms with van der Waals surface area (Å²) in [4.78, 5) is 51.3. The van der Waals surface area contributed by atoms with E-state index < -0.39 is 22.4 Å². The number of Topliss-reactive ketones (excluding diaryl/α,β-unsaturated/α-hetero) is 4. The second-order valence-electron chi connectivity index (χ2n) is 44.7. The van der Waals surface area contributed by atoms with E-state index in [-0.39, 0.29) is 116 Å². The van der Waals surface area contributed by atoms with Crippen molar-refractivity contribution in [2.24, 2.45) is 138 Å². The summed E-state index contributed by atoms with van der Waals surface area (Å²) < 4.78 is 3.25. The van der Waals surface area contributed by atoms with E-state index in [0.717, 1.165) is 148 Å². The summed E-state index contributed by atoms with van der Waals surface area (Å²) in [6, 6.07) is 6.09. The van der Waals surface area contributed by atoms with Gasteiger partial charge < -0.3 is 25.5 Å². The number of halogens is 1. The number of aliphatic hydroxyl groups is 5. The molecule has 0 aromatic carbocycles. The monoisotopic (exact) mass is 1770 g/mol. The molecule has 0 aliphatic heterocycles. The SMILES string of the molecule is C.C.C.C.CC(=O)[C@H]1CC[C@H]2[C@@H]3CC[C@H]4C[C@](C)(O)CC[C@]4(C)C3=CC[C@]12C.CO.C[C@@]1(O)CC[C@]2(C)C3=CC[C@]4(C)[C@@H](C(=O)CBr)CC[C@H]4[C@@H]3CC[C@H]2C1.C[C@@]1(O)CC[C@]2(C)C3=CC[C@]4(C)[C@@H](C(=O)Cn5cc(C#N)cn5)CC[C@H]4[C@@H]3CC[C@H]2C1.C[C@@]1(O)CC[C@]2(C)C3=CC[C@]4(C)[C@H](C(=O)Cn5cc(C#N)cn5)CC[C@H]4[C@@H]3CC[C@H]2C1.N#Cc1cn[nH]c1. The van der Waals surface area contributed by atoms with Crippen LogP contribution in [-0.4, -0.2) is 113 Å². The Hall–Kier alpha value is -5.98. The van der Waals surface area contributed by atoms with Crippen LogP contribution in [0.15, 0.2) is 83.8 Å². The molecule has 3 aromatic heterocycles. The van der Waals surface area contributed by atoms with Crippen molar-refractivity contribution in [2.45, 2.75) is 361 Å². The number of nitrogens with one attached hydrogen (secondary N) is 1. The third-order valence-corrected chi connectivity index (χ3v) is 38.4. The first-order chi connectivity index (χ1) is 56.6. The minimum Gasteiger partial charge on any atom is -0.400 e. The quantitative estimate of drug-likeness (QED) is 0.0857. The number of nitrogens with zero attached hydrogens (tertiary/aromatic N) is 8. The maximum Gasteiger partial charge on any atom is 0.157 e. The molecule has 124 heavy (non-hydrogen) atoms. The van der Waals surface area contributed by atoms with E-state index in [1.165, 1.54) is 82.8 Å². The van der Waals surface area contributed by atoms with E-state index in [2.05, 4.69) is 128 Å². The lowest BCUT2D eigenvalue weighted by Gasteiger charge is -2.58. The zero-order valence-corrected chi connectivity index (χ0v) is 76.7. The second kappa shape index (κ2) is 37.5. The number of aromatic nitrogens is 6. The average molecular weight is 1770 g/mol. The number of carbonyl (C=O) groups excluding carboxylic acids is 4. The first-order valence-corrected chi connectivity index (χ1v) is 47.8. The van der Waals surface area contributed by atoms with Crippen LogP contribution in [0.1, 0.15) is 342 Å². The van der Waals surface area contributed by atoms with Gasteiger partial charge in [-0.3, -0.25) is 33.6 Å². The van der Waals surface area contributed by atoms with Gasteiger partial charge in [0.2, 0.25) is 0 Å². The Morgan fingerprint density at radius 3 is 0.919 bits per heavy atom. The Morgan fingerprint density at radius 2 is 0.677 bits per heavy atom. The molecular weight excluding hydrogens is 1610 g/mol. The predicted molar refractivity (Wildman–Crippen MR) is 495 cm³/mol. The molecule has 0 unspecified atom stereocenters. The predicted octanol–water partition coefficient (Wildman–Crippen LogP) is 21.9. The number of fused-ring (bicyclic) bond motifs is 20. The zero-order valence-electron chi connectivity index (χ0n) is 75.1. The minimum atomic E-state index is -0.510. The highest BCUT2D eigenvalue weighted by molar-refractivity contribution is 9.09. The van der Waals surface area contributed by atoms with Gasteiger partial charge in [-0.05, 0) is 354 Å². The highest BCUT2D eigenvalue weighted by atomic mass is 79.9. The summed E-state index contributed by atoms with van der Waals surface area (Å²) in [7, 11) is 1.00. The maximum atomic E-state index is 13.3. The molecule has 686 valence electrons. The fraction of sp³-hybridized carbons (Fsp3) is 0.771. The molecule has 12 saturated carbocycles. The van der Waals surface area contributed by atoms with Crippen LogP contribution in [0.2, 0.25) is 0 Å². The van der Waals surface area contributed by atoms with Crippen molar-refractivity contribution >= 4 is 39.1 Å². The zero-order chi connectivity index (χ0) is 86.5. The Kier molecular flexibility index (Phi) is 30.3. The van der Waals surface area contributed by atoms with Crippen molar-refractivity contribution in [3.63, 3.8) is 0 Å². The number of rotatable bonds is 9. The van der Waals surface area contributed by atoms with Crippen LogP contribution in [0.5, 0.6) is 0 Å². The number of aromatic amines is 1. The second-order valence-corrected chi connectivity index (χ2v) is 45.3. The molecule has 0 spiro atoms. The topological polar surface area (TPSA) is 305 Å². The average Bonchev–Trinajstić information content (AvgIpc) is 1.50. The fourth-order valence-corrected chi connectivity index (χ4v) is 31.4. The number of carbonyl (C=O) groups is 4. The van der Waals surface area contributed by atoms with E-state index in [0.29, 0.717) is 110 Å². The van der Waals surface area contributed by atoms with Crippen molar-refractivity contribution in [3.8, 4) is 18.2 Å². The molecule has 0 saturated heterocycles. The number of aliphatic hydroxyl groups excluding tert-OH is 1. The van der Waals surface area contributed by atoms with Crippen LogP contribution < -0.4 is 0 Å². The summed E-state index contributed by atoms with van der Waals surface area (Å²) in [6.45, 7) is 29.8. The van der Waals surface area contributed by atoms with Crippen LogP contribution in [0, 0.1) is 172 Å². The molecule has 0 radical (unpaired) electrons. The summed E-state index contributed by atoms with van der Waals surface area (Å²) in [5.41, 5.74) is 7.78. The van der Waals surface area contributed by atoms with Gasteiger partial charge in [0, 0.05) is 49.4 Å². The van der Waals surface area contributed by atoms with E-state index in [9.17, 15) is 39.6 Å². The number of hydrogen-bond acceptors (Lipinski definition) is 15. The van der Waals surface area contributed by atoms with E-state index in [4.69, 9.17) is 20.9 Å². The number of alkyl halides is 1. The number of hydrogen-bond donors (Lipinski definition) is 6. The standard InChI is InChI=1S/2C26H35N3O2.C22H33BrO2.C22H34O2.C4H3N3.CH4O.4CH4/c2*1-24(31)10-11-25(2)18(12-24)4-5-19-20-6-7-22(26(20,3)9-8-21(19)25)23(30)16-29-15-17(13-27)14-28-29;1-20(25)10-11-21(2)14(12-20)4-5-15-16-6-7-18(19(24)13-23)22(16,3)9-8-17(15)21;1-14(23)17-7-8-18-16-6-5-15-13-20(2,24)11-12-21(15,3)19(16)9-10-22(17,18)4;5-1-4-2-6-7-3-4;1-2;;;;/h2*8,14-15,18-20,22,31H,4-7,9-12,16H2,1-3H3;8,14-16,18,25H,4-7,9-13H2,1-3H3;9,15-18,24H,5-8,10-13H2,1-4H3;2-3H,(H,6,7);2H,1H3;4*1H4/t18-,19-,20-,22+,24+,25-,26-;18-,19-,20-,22-,24+,25-,26-;14-,15-,16-,18+,20+,21-,22-;15-,16-,17+,18-,20+,21-,22+;;;;;;/m0000....../s1. The van der Waals surface area contributed by atoms with Crippen LogP contribution >= 0.6 is 15.9 Å². The van der Waals surface area contributed by atoms with Gasteiger partial charge in [-0.2, -0.15) is 31.1 Å². The number of ketones is 4. The van der Waals surface area contributed by atoms with Crippen LogP contribution in [-0.2, 0) is 32.3 Å². The Bertz CT molecular complexity index is 4420. The molecule has 19 rings (SSSR count). The molecule has 0 bridgehead atoms. The third kappa shape index (κ3) is 18.1. The summed E-state index contributed by atoms with van der Waals surface area (Å²) >= 11 is 3.41. The van der Waals surface area contributed by atoms with Crippen molar-refractivity contribution < 1.29 is 44.7 Å². The molecule has 3 heterocycles. The molecule has 6 N–H and O–H groups in total. The molecular formula is C105H160BrN9O9. The van der Waals surface area contributed by atoms with Gasteiger partial charge in [0.15, 0.2) is 11.6 Å². The lowest BCUT2D eigenvalue weighted by Crippen LogP contribution is -2.51. The van der Waals surface area contributed by atoms with Gasteiger partial charge in [0.25, 0.3) is 0 Å². The summed E-state index contributed by atoms with van der Waals surface area (Å²) in [5.74, 6) is 9.53. The van der Waals surface area contributed by atoms with Gasteiger partial charge in [-0.1, -0.05) is 148 Å². The molecule has 3 aromatic rings. The van der Waals surface area contributed by atoms with E-state index in [1.54, 1.807) is 57.2 Å². The number of H-pyrrole nitrogens is 1. The molecule has 18 nitrogen and oxygen atoms in total. The van der Waals surface area contributed by atoms with Crippen LogP contribution in [0.4, 0.5) is 0 Å². The van der Waals surface area contributed by atoms with Gasteiger partial charge in [-0.15, -0.1) is 0 Å². The smallest absolute Gasteiger partial charge is 0.157 e. The summed E-state index contributed by atoms with van der Waals surface area (Å²) in [5, 5.41) is 90.6. The minimum absolute atomic E-state index is 0. The largest absolute Gasteiger partial charge is 0.400 e. The van der Waals surface area contributed by atoms with Crippen LogP contribution in [0.3, 0.4) is 0 Å². The molecule has 19 heteroatoms. The normalized spacial score (nSPS) is 43.3. The van der Waals surface area contributed by atoms with Gasteiger partial charge in [-0.25, -0.2) is 0 Å². The Morgan fingerprint density at radius 1 is 0.403 bits per heavy atom. The molecule has 16 aliphatic carbocycles. The molecule has 28 atom stereocenters. The lowest BCUT2D eigenvalue weighted by atomic mass is 9.47. The van der Waals surface area contributed by atoms with Crippen molar-refractivity contribution in [3.05, 3.63) is 100 Å². The lowest BCUT2D eigenvalue weighted by molar-refractivity contribution is -0.128. The van der Waals surface area contributed by atoms with Crippen LogP contribution in [0.25, 0.3) is 0 Å². The van der Waals surface area contributed by atoms with Crippen molar-refractivity contribution in [2.75, 3.05) is 12.4 Å². The molecule has 0 amide bonds. The highest BCUT2D eigenvalue weighted by Gasteiger charge is 2.65. The molecule has 16 aliphatic rings. The van der Waals surface area contributed by atoms with Gasteiger partial charge in [0.1, 0.15) is 29.8 Å². The Labute approximate surface area is 754 Å². The third-order valence-electron chi connectivity index (χ3n) is 37.8. The first kappa shape index (κ1) is 100. The number of allylic oxidation sites excluding steroid dienone is 8. The molecule has 12 fully saturated rings. The van der Waals surface area contributed by atoms with E-state index >= 15 is 0 Å². The van der Waals surface area contributed by atoms with Gasteiger partial charge >= 0.3 is 0 Å². The maximum absolute atomic E-state index is 13.3. The first-order valence-electron chi connectivity index (χ1n) is 46.7.